The smallest absolute Gasteiger partial charge is 0.311 e. The number of thiazole rings is 1. The van der Waals surface area contributed by atoms with E-state index in [2.05, 4.69) is 20.5 Å². The van der Waals surface area contributed by atoms with Gasteiger partial charge in [-0.3, -0.25) is 9.89 Å². The van der Waals surface area contributed by atoms with Crippen molar-refractivity contribution in [2.45, 2.75) is 13.3 Å². The van der Waals surface area contributed by atoms with Gasteiger partial charge in [-0.25, -0.2) is 4.98 Å². The number of anilines is 2. The highest BCUT2D eigenvalue weighted by Crippen LogP contribution is 2.20. The van der Waals surface area contributed by atoms with E-state index in [-0.39, 0.29) is 12.4 Å². The van der Waals surface area contributed by atoms with Crippen LogP contribution in [0, 0.1) is 0 Å². The molecule has 2 heterocycles. The van der Waals surface area contributed by atoms with Crippen LogP contribution >= 0.6 is 11.3 Å². The monoisotopic (exact) mass is 252 g/mol. The maximum Gasteiger partial charge on any atom is 0.311 e. The van der Waals surface area contributed by atoms with Gasteiger partial charge in [0.2, 0.25) is 0 Å². The first-order valence-electron chi connectivity index (χ1n) is 5.13. The van der Waals surface area contributed by atoms with Crippen LogP contribution in [0.25, 0.3) is 0 Å². The molecule has 0 saturated carbocycles. The standard InChI is InChI=1S/C10H12N4O2S/c1-2-16-9(15)3-7-6-17-10(13-7)14-8-4-11-12-5-8/h4-6H,2-3H2,1H3,(H,11,12)(H,13,14). The van der Waals surface area contributed by atoms with Crippen molar-refractivity contribution in [3.8, 4) is 0 Å². The Morgan fingerprint density at radius 1 is 1.65 bits per heavy atom. The van der Waals surface area contributed by atoms with Crippen LogP contribution in [0.2, 0.25) is 0 Å². The quantitative estimate of drug-likeness (QED) is 0.792. The van der Waals surface area contributed by atoms with Crippen LogP contribution in [0.3, 0.4) is 0 Å². The van der Waals surface area contributed by atoms with E-state index in [4.69, 9.17) is 4.74 Å². The van der Waals surface area contributed by atoms with Crippen LogP contribution in [0.4, 0.5) is 10.8 Å². The topological polar surface area (TPSA) is 79.9 Å². The Kier molecular flexibility index (Phi) is 3.71. The van der Waals surface area contributed by atoms with Gasteiger partial charge < -0.3 is 10.1 Å². The highest BCUT2D eigenvalue weighted by atomic mass is 32.1. The van der Waals surface area contributed by atoms with Gasteiger partial charge in [0, 0.05) is 11.6 Å². The van der Waals surface area contributed by atoms with Gasteiger partial charge in [0.1, 0.15) is 0 Å². The number of hydrogen-bond donors (Lipinski definition) is 2. The summed E-state index contributed by atoms with van der Waals surface area (Å²) in [6.45, 7) is 2.17. The van der Waals surface area contributed by atoms with E-state index >= 15 is 0 Å². The lowest BCUT2D eigenvalue weighted by Crippen LogP contribution is -2.07. The van der Waals surface area contributed by atoms with E-state index in [9.17, 15) is 4.79 Å². The molecule has 2 rings (SSSR count). The molecule has 2 aromatic heterocycles. The lowest BCUT2D eigenvalue weighted by molar-refractivity contribution is -0.142. The van der Waals surface area contributed by atoms with Gasteiger partial charge in [0.15, 0.2) is 5.13 Å². The lowest BCUT2D eigenvalue weighted by atomic mass is 10.3. The molecule has 90 valence electrons. The normalized spacial score (nSPS) is 10.2. The first kappa shape index (κ1) is 11.6. The van der Waals surface area contributed by atoms with Gasteiger partial charge in [-0.15, -0.1) is 11.3 Å². The predicted molar refractivity (Wildman–Crippen MR) is 64.3 cm³/mol. The number of carbonyl (C=O) groups excluding carboxylic acids is 1. The fraction of sp³-hybridized carbons (Fsp3) is 0.300. The zero-order valence-electron chi connectivity index (χ0n) is 9.27. The summed E-state index contributed by atoms with van der Waals surface area (Å²) in [7, 11) is 0. The van der Waals surface area contributed by atoms with E-state index in [0.29, 0.717) is 12.3 Å². The number of aromatic amines is 1. The van der Waals surface area contributed by atoms with Crippen LogP contribution in [0.15, 0.2) is 17.8 Å². The maximum atomic E-state index is 11.2. The van der Waals surface area contributed by atoms with Gasteiger partial charge in [-0.1, -0.05) is 0 Å². The van der Waals surface area contributed by atoms with E-state index in [0.717, 1.165) is 10.8 Å². The number of esters is 1. The average Bonchev–Trinajstić information content (AvgIpc) is 2.91. The lowest BCUT2D eigenvalue weighted by Gasteiger charge is -1.98. The van der Waals surface area contributed by atoms with Gasteiger partial charge in [0.25, 0.3) is 0 Å². The Morgan fingerprint density at radius 3 is 3.24 bits per heavy atom. The van der Waals surface area contributed by atoms with Crippen molar-refractivity contribution in [1.82, 2.24) is 15.2 Å². The number of H-pyrrole nitrogens is 1. The van der Waals surface area contributed by atoms with E-state index < -0.39 is 0 Å². The first-order chi connectivity index (χ1) is 8.28. The van der Waals surface area contributed by atoms with Crippen molar-refractivity contribution >= 4 is 28.1 Å². The zero-order valence-corrected chi connectivity index (χ0v) is 10.1. The van der Waals surface area contributed by atoms with Gasteiger partial charge >= 0.3 is 5.97 Å². The number of nitrogens with one attached hydrogen (secondary N) is 2. The molecule has 0 amide bonds. The van der Waals surface area contributed by atoms with Gasteiger partial charge in [-0.05, 0) is 6.92 Å². The molecule has 0 spiro atoms. The molecule has 6 nitrogen and oxygen atoms in total. The number of hydrogen-bond acceptors (Lipinski definition) is 6. The van der Waals surface area contributed by atoms with Crippen LogP contribution in [0.1, 0.15) is 12.6 Å². The Balaban J connectivity index is 1.94. The summed E-state index contributed by atoms with van der Waals surface area (Å²) in [4.78, 5) is 15.5. The molecule has 0 unspecified atom stereocenters. The molecule has 0 aliphatic heterocycles. The van der Waals surface area contributed by atoms with Crippen molar-refractivity contribution in [2.75, 3.05) is 11.9 Å². The van der Waals surface area contributed by atoms with Gasteiger partial charge in [0.05, 0.1) is 30.6 Å². The van der Waals surface area contributed by atoms with Crippen LogP contribution in [0.5, 0.6) is 0 Å². The SMILES string of the molecule is CCOC(=O)Cc1csc(Nc2cn[nH]c2)n1. The largest absolute Gasteiger partial charge is 0.466 e. The number of rotatable bonds is 5. The fourth-order valence-electron chi connectivity index (χ4n) is 1.25. The average molecular weight is 252 g/mol. The van der Waals surface area contributed by atoms with E-state index in [1.165, 1.54) is 11.3 Å². The number of carbonyl (C=O) groups is 1. The molecule has 0 radical (unpaired) electrons. The van der Waals surface area contributed by atoms with E-state index in [1.54, 1.807) is 19.3 Å². The molecule has 2 aromatic rings. The molecule has 0 atom stereocenters. The molecule has 0 bridgehead atoms. The molecule has 7 heteroatoms. The molecule has 0 fully saturated rings. The molecule has 17 heavy (non-hydrogen) atoms. The highest BCUT2D eigenvalue weighted by molar-refractivity contribution is 7.13. The fourth-order valence-corrected chi connectivity index (χ4v) is 1.98. The van der Waals surface area contributed by atoms with Gasteiger partial charge in [-0.2, -0.15) is 5.10 Å². The minimum Gasteiger partial charge on any atom is -0.466 e. The number of nitrogens with zero attached hydrogens (tertiary/aromatic N) is 2. The van der Waals surface area contributed by atoms with Crippen LogP contribution in [-0.2, 0) is 16.0 Å². The summed E-state index contributed by atoms with van der Waals surface area (Å²) in [5, 5.41) is 12.1. The predicted octanol–water partition coefficient (Wildman–Crippen LogP) is 1.72. The molecule has 2 N–H and O–H groups in total. The Morgan fingerprint density at radius 2 is 2.53 bits per heavy atom. The summed E-state index contributed by atoms with van der Waals surface area (Å²) in [5.41, 5.74) is 1.54. The van der Waals surface area contributed by atoms with Crippen LogP contribution < -0.4 is 5.32 Å². The zero-order chi connectivity index (χ0) is 12.1. The summed E-state index contributed by atoms with van der Waals surface area (Å²) in [6.07, 6.45) is 3.59. The summed E-state index contributed by atoms with van der Waals surface area (Å²) in [6, 6.07) is 0. The van der Waals surface area contributed by atoms with Crippen molar-refractivity contribution in [3.05, 3.63) is 23.5 Å². The molecule has 0 saturated heterocycles. The van der Waals surface area contributed by atoms with Crippen molar-refractivity contribution in [1.29, 1.82) is 0 Å². The second-order valence-corrected chi connectivity index (χ2v) is 4.10. The van der Waals surface area contributed by atoms with Crippen molar-refractivity contribution in [3.63, 3.8) is 0 Å². The summed E-state index contributed by atoms with van der Waals surface area (Å²) in [5.74, 6) is -0.257. The Hall–Kier alpha value is -1.89. The highest BCUT2D eigenvalue weighted by Gasteiger charge is 2.08. The molecule has 0 aliphatic carbocycles. The van der Waals surface area contributed by atoms with Crippen molar-refractivity contribution in [2.24, 2.45) is 0 Å². The molecule has 0 aromatic carbocycles. The molecular weight excluding hydrogens is 240 g/mol. The Bertz CT molecular complexity index is 480. The third-order valence-electron chi connectivity index (χ3n) is 1.93. The minimum atomic E-state index is -0.257. The minimum absolute atomic E-state index is 0.206. The first-order valence-corrected chi connectivity index (χ1v) is 6.01. The Labute approximate surface area is 102 Å². The maximum absolute atomic E-state index is 11.2. The van der Waals surface area contributed by atoms with Crippen LogP contribution in [-0.4, -0.2) is 27.8 Å². The second-order valence-electron chi connectivity index (χ2n) is 3.24. The summed E-state index contributed by atoms with van der Waals surface area (Å²) >= 11 is 1.44. The number of ether oxygens (including phenoxy) is 1. The number of aromatic nitrogens is 3. The molecular formula is C10H12N4O2S. The molecule has 0 aliphatic rings. The third kappa shape index (κ3) is 3.28. The summed E-state index contributed by atoms with van der Waals surface area (Å²) < 4.78 is 4.85. The van der Waals surface area contributed by atoms with Crippen molar-refractivity contribution < 1.29 is 9.53 Å². The third-order valence-corrected chi connectivity index (χ3v) is 2.74. The van der Waals surface area contributed by atoms with E-state index in [1.807, 2.05) is 5.38 Å². The second kappa shape index (κ2) is 5.44.